The van der Waals surface area contributed by atoms with E-state index < -0.39 is 37.0 Å². The van der Waals surface area contributed by atoms with Gasteiger partial charge in [-0.2, -0.15) is 17.6 Å². The predicted octanol–water partition coefficient (Wildman–Crippen LogP) is 9.45. The van der Waals surface area contributed by atoms with Gasteiger partial charge in [-0.3, -0.25) is 9.59 Å². The van der Waals surface area contributed by atoms with Crippen LogP contribution < -0.4 is 5.32 Å². The molecule has 0 radical (unpaired) electrons. The minimum absolute atomic E-state index is 0.0376. The largest absolute Gasteiger partial charge is 0.415 e. The zero-order valence-electron chi connectivity index (χ0n) is 28.7. The molecule has 0 unspecified atom stereocenters. The maximum absolute atomic E-state index is 12.6. The molecule has 55 heavy (non-hydrogen) atoms. The first-order valence-electron chi connectivity index (χ1n) is 17.0. The molecule has 2 aromatic carbocycles. The summed E-state index contributed by atoms with van der Waals surface area (Å²) >= 11 is 25.6. The van der Waals surface area contributed by atoms with Gasteiger partial charge in [-0.05, 0) is 61.1 Å². The van der Waals surface area contributed by atoms with Crippen molar-refractivity contribution in [3.63, 3.8) is 0 Å². The molecular weight excluding hydrogens is 808 g/mol. The summed E-state index contributed by atoms with van der Waals surface area (Å²) in [6.07, 6.45) is 6.60. The number of rotatable bonds is 12. The van der Waals surface area contributed by atoms with Gasteiger partial charge in [0, 0.05) is 68.5 Å². The zero-order valence-corrected chi connectivity index (χ0v) is 31.7. The van der Waals surface area contributed by atoms with E-state index in [4.69, 9.17) is 50.8 Å². The number of benzene rings is 2. The number of ketones is 1. The second-order valence-corrected chi connectivity index (χ2v) is 14.9. The lowest BCUT2D eigenvalue weighted by atomic mass is 9.62. The molecule has 5 aromatic rings. The first-order chi connectivity index (χ1) is 26.3. The van der Waals surface area contributed by atoms with Crippen molar-refractivity contribution < 1.29 is 31.6 Å². The number of Topliss-reactive ketones (excluding diaryl/α,β-unsaturated/α-hetero) is 1. The predicted molar refractivity (Wildman–Crippen MR) is 197 cm³/mol. The maximum atomic E-state index is 12.6. The molecule has 18 heteroatoms. The van der Waals surface area contributed by atoms with Gasteiger partial charge in [0.2, 0.25) is 0 Å². The third kappa shape index (κ3) is 9.09. The lowest BCUT2D eigenvalue weighted by molar-refractivity contribution is -0.131. The van der Waals surface area contributed by atoms with Crippen molar-refractivity contribution in [2.75, 3.05) is 6.54 Å². The molecule has 0 atom stereocenters. The third-order valence-electron chi connectivity index (χ3n) is 9.83. The Labute approximate surface area is 332 Å². The molecular formula is C37H31Cl4F4N7O3. The Morgan fingerprint density at radius 1 is 0.709 bits per heavy atom. The number of hydrogen-bond acceptors (Lipinski definition) is 9. The van der Waals surface area contributed by atoms with Crippen LogP contribution in [0.1, 0.15) is 84.0 Å². The van der Waals surface area contributed by atoms with E-state index in [1.165, 1.54) is 24.8 Å². The Hall–Kier alpha value is -4.24. The molecule has 3 aromatic heterocycles. The van der Waals surface area contributed by atoms with Crippen LogP contribution in [0.25, 0.3) is 11.5 Å². The van der Waals surface area contributed by atoms with E-state index >= 15 is 0 Å². The molecule has 1 N–H and O–H groups in total. The van der Waals surface area contributed by atoms with E-state index in [-0.39, 0.29) is 22.3 Å². The smallest absolute Gasteiger partial charge is 0.315 e. The average Bonchev–Trinajstić information content (AvgIpc) is 3.63. The number of carbonyl (C=O) groups is 2. The van der Waals surface area contributed by atoms with Crippen molar-refractivity contribution in [2.24, 2.45) is 0 Å². The van der Waals surface area contributed by atoms with Gasteiger partial charge in [0.1, 0.15) is 11.6 Å². The van der Waals surface area contributed by atoms with Crippen molar-refractivity contribution in [1.82, 2.24) is 35.5 Å². The summed E-state index contributed by atoms with van der Waals surface area (Å²) in [5, 5.41) is 11.3. The van der Waals surface area contributed by atoms with E-state index in [1.807, 2.05) is 23.5 Å². The summed E-state index contributed by atoms with van der Waals surface area (Å²) in [7, 11) is 0. The highest BCUT2D eigenvalue weighted by Crippen LogP contribution is 2.51. The Bertz CT molecular complexity index is 2110. The Kier molecular flexibility index (Phi) is 12.7. The lowest BCUT2D eigenvalue weighted by Gasteiger charge is -2.43. The number of aromatic nitrogens is 6. The van der Waals surface area contributed by atoms with Crippen molar-refractivity contribution in [1.29, 1.82) is 0 Å². The average molecular weight is 840 g/mol. The number of nitrogens with zero attached hydrogens (tertiary/aromatic N) is 6. The molecule has 2 aliphatic rings. The SMILES string of the molecule is FC(F)c1nnc(-c2cnc(CC3(c4c(Cl)cccc4Cl)CCC3)nc2)o1.O=C(CNC(=O)C(F)F)c1cnc(CC2(c3c(Cl)cccc3Cl)CCC2)nc1. The molecule has 7 rings (SSSR count). The minimum atomic E-state index is -3.17. The molecule has 0 bridgehead atoms. The fraction of sp³-hybridized carbons (Fsp3) is 0.351. The summed E-state index contributed by atoms with van der Waals surface area (Å²) < 4.78 is 54.4. The molecule has 1 amide bonds. The lowest BCUT2D eigenvalue weighted by Crippen LogP contribution is -2.38. The van der Waals surface area contributed by atoms with Crippen LogP contribution in [0.4, 0.5) is 17.6 Å². The summed E-state index contributed by atoms with van der Waals surface area (Å²) in [6, 6.07) is 10.9. The van der Waals surface area contributed by atoms with Gasteiger partial charge < -0.3 is 9.73 Å². The van der Waals surface area contributed by atoms with Gasteiger partial charge in [0.15, 0.2) is 5.78 Å². The molecule has 3 heterocycles. The highest BCUT2D eigenvalue weighted by Gasteiger charge is 2.43. The fourth-order valence-electron chi connectivity index (χ4n) is 6.78. The number of alkyl halides is 4. The van der Waals surface area contributed by atoms with E-state index in [0.717, 1.165) is 49.7 Å². The van der Waals surface area contributed by atoms with Crippen LogP contribution in [0.15, 0.2) is 65.6 Å². The second-order valence-electron chi connectivity index (χ2n) is 13.3. The molecule has 10 nitrogen and oxygen atoms in total. The summed E-state index contributed by atoms with van der Waals surface area (Å²) in [6.45, 7) is -0.537. The van der Waals surface area contributed by atoms with Gasteiger partial charge in [-0.15, -0.1) is 10.2 Å². The number of halogens is 8. The van der Waals surface area contributed by atoms with Gasteiger partial charge in [-0.1, -0.05) is 71.4 Å². The first kappa shape index (κ1) is 40.4. The van der Waals surface area contributed by atoms with Crippen LogP contribution in [0.2, 0.25) is 20.1 Å². The Morgan fingerprint density at radius 3 is 1.55 bits per heavy atom. The number of hydrogen-bond donors (Lipinski definition) is 1. The first-order valence-corrected chi connectivity index (χ1v) is 18.5. The summed E-state index contributed by atoms with van der Waals surface area (Å²) in [5.41, 5.74) is 1.92. The number of nitrogens with one attached hydrogen (secondary N) is 1. The van der Waals surface area contributed by atoms with Crippen LogP contribution >= 0.6 is 46.4 Å². The number of carbonyl (C=O) groups excluding carboxylic acids is 2. The van der Waals surface area contributed by atoms with E-state index in [2.05, 4.69) is 30.1 Å². The van der Waals surface area contributed by atoms with Gasteiger partial charge in [-0.25, -0.2) is 19.9 Å². The van der Waals surface area contributed by atoms with Gasteiger partial charge >= 0.3 is 12.9 Å². The highest BCUT2D eigenvalue weighted by molar-refractivity contribution is 6.36. The second kappa shape index (κ2) is 17.3. The van der Waals surface area contributed by atoms with Gasteiger partial charge in [0.05, 0.1) is 17.7 Å². The van der Waals surface area contributed by atoms with Crippen LogP contribution in [-0.4, -0.2) is 54.8 Å². The van der Waals surface area contributed by atoms with Crippen LogP contribution in [0.3, 0.4) is 0 Å². The molecule has 0 saturated heterocycles. The van der Waals surface area contributed by atoms with Crippen LogP contribution in [0.5, 0.6) is 0 Å². The molecule has 0 aliphatic heterocycles. The van der Waals surface area contributed by atoms with E-state index in [1.54, 1.807) is 18.2 Å². The van der Waals surface area contributed by atoms with E-state index in [9.17, 15) is 27.2 Å². The van der Waals surface area contributed by atoms with Crippen molar-refractivity contribution in [3.05, 3.63) is 116 Å². The zero-order chi connectivity index (χ0) is 39.3. The number of amides is 1. The monoisotopic (exact) mass is 837 g/mol. The highest BCUT2D eigenvalue weighted by atomic mass is 35.5. The molecule has 2 aliphatic carbocycles. The Morgan fingerprint density at radius 2 is 1.16 bits per heavy atom. The quantitative estimate of drug-likeness (QED) is 0.0963. The normalized spacial score (nSPS) is 15.5. The molecule has 2 fully saturated rings. The van der Waals surface area contributed by atoms with Crippen molar-refractivity contribution in [2.45, 2.75) is 75.0 Å². The summed E-state index contributed by atoms with van der Waals surface area (Å²) in [5.74, 6) is -1.66. The van der Waals surface area contributed by atoms with E-state index in [0.29, 0.717) is 50.1 Å². The van der Waals surface area contributed by atoms with Crippen LogP contribution in [0, 0.1) is 0 Å². The topological polar surface area (TPSA) is 137 Å². The van der Waals surface area contributed by atoms with Crippen molar-refractivity contribution >= 4 is 58.1 Å². The van der Waals surface area contributed by atoms with Crippen LogP contribution in [-0.2, 0) is 28.5 Å². The standard InChI is InChI=1S/C19H17Cl2F2N3O2.C18H14Cl2F2N4O/c20-12-3-1-4-13(21)16(12)19(5-2-6-19)7-15-24-8-11(9-25-15)14(27)10-26-18(28)17(22)23;19-11-3-1-4-12(20)14(11)18(5-2-6-18)7-13-23-8-10(9-24-13)16-25-26-17(27-16)15(21)22/h1,3-4,8-9,17H,2,5-7,10H2,(H,26,28);1,3-4,8-9,15H,2,5-7H2. The molecule has 0 spiro atoms. The minimum Gasteiger partial charge on any atom is -0.415 e. The fourth-order valence-corrected chi connectivity index (χ4v) is 8.38. The third-order valence-corrected chi connectivity index (χ3v) is 11.1. The summed E-state index contributed by atoms with van der Waals surface area (Å²) in [4.78, 5) is 40.0. The molecule has 288 valence electrons. The maximum Gasteiger partial charge on any atom is 0.315 e. The molecule has 2 saturated carbocycles. The van der Waals surface area contributed by atoms with Crippen molar-refractivity contribution in [3.8, 4) is 11.5 Å². The van der Waals surface area contributed by atoms with Gasteiger partial charge in [0.25, 0.3) is 17.7 Å². The Balaban J connectivity index is 0.000000187.